The third-order valence-corrected chi connectivity index (χ3v) is 13.6. The molecule has 1 aliphatic heterocycles. The van der Waals surface area contributed by atoms with Crippen LogP contribution in [0.25, 0.3) is 11.4 Å². The number of aryl methyl sites for hydroxylation is 2. The van der Waals surface area contributed by atoms with Crippen molar-refractivity contribution in [3.05, 3.63) is 141 Å². The maximum absolute atomic E-state index is 15.4. The van der Waals surface area contributed by atoms with Crippen molar-refractivity contribution in [2.75, 3.05) is 6.61 Å². The molecule has 4 N–H and O–H groups in total. The molecule has 0 unspecified atom stereocenters. The first-order valence-electron chi connectivity index (χ1n) is 22.1. The normalized spacial score (nSPS) is 23.1. The second-order valence-electron chi connectivity index (χ2n) is 17.5. The van der Waals surface area contributed by atoms with Crippen LogP contribution in [0.2, 0.25) is 0 Å². The minimum Gasteiger partial charge on any atom is -0.664 e. The van der Waals surface area contributed by atoms with Gasteiger partial charge in [0.15, 0.2) is 17.3 Å². The number of aliphatic hydroxyl groups is 1. The Balaban J connectivity index is 1.12. The monoisotopic (exact) mass is 805 g/mol. The molecule has 5 atom stereocenters. The molecule has 1 saturated carbocycles. The van der Waals surface area contributed by atoms with Gasteiger partial charge in [0.2, 0.25) is 0 Å². The number of ether oxygens (including phenoxy) is 1. The second-order valence-corrected chi connectivity index (χ2v) is 17.5. The molecule has 5 aromatic rings. The number of aromatic nitrogens is 2. The Bertz CT molecular complexity index is 2370. The predicted molar refractivity (Wildman–Crippen MR) is 232 cm³/mol. The number of unbranched alkanes of at least 4 members (excludes halogenated alkanes) is 1. The molecular weight excluding hydrogens is 751 g/mol. The van der Waals surface area contributed by atoms with E-state index in [9.17, 15) is 20.1 Å². The van der Waals surface area contributed by atoms with Crippen molar-refractivity contribution in [2.45, 2.75) is 114 Å². The minimum atomic E-state index is -0.994. The fraction of sp³-hybridized carbons (Fsp3) is 0.412. The molecular formula is C51H55N3O6-2. The summed E-state index contributed by atoms with van der Waals surface area (Å²) in [5, 5.41) is 37.6. The van der Waals surface area contributed by atoms with E-state index in [1.165, 1.54) is 5.56 Å². The molecule has 4 aliphatic rings. The number of hydrogen-bond acceptors (Lipinski definition) is 6. The largest absolute Gasteiger partial charge is 0.664 e. The van der Waals surface area contributed by atoms with Gasteiger partial charge in [0.05, 0.1) is 12.0 Å². The zero-order valence-corrected chi connectivity index (χ0v) is 34.2. The van der Waals surface area contributed by atoms with Crippen LogP contribution in [-0.2, 0) is 28.9 Å². The molecule has 3 heterocycles. The highest BCUT2D eigenvalue weighted by atomic mass is 16.5. The maximum Gasteiger partial charge on any atom is 0.161 e. The molecule has 6 bridgehead atoms. The van der Waals surface area contributed by atoms with Crippen molar-refractivity contribution in [3.8, 4) is 17.2 Å². The fourth-order valence-corrected chi connectivity index (χ4v) is 10.6. The Hall–Kier alpha value is -5.54. The number of aliphatic hydroxyl groups excluding tert-OH is 1. The van der Waals surface area contributed by atoms with E-state index in [-0.39, 0.29) is 66.5 Å². The van der Waals surface area contributed by atoms with E-state index < -0.39 is 11.8 Å². The van der Waals surface area contributed by atoms with Gasteiger partial charge in [0.1, 0.15) is 11.5 Å². The zero-order chi connectivity index (χ0) is 41.2. The van der Waals surface area contributed by atoms with Gasteiger partial charge >= 0.3 is 0 Å². The first-order chi connectivity index (χ1) is 29.3. The number of phenols is 2. The molecule has 9 nitrogen and oxygen atoms in total. The van der Waals surface area contributed by atoms with Crippen molar-refractivity contribution in [1.82, 2.24) is 9.97 Å². The van der Waals surface area contributed by atoms with Crippen molar-refractivity contribution < 1.29 is 29.6 Å². The van der Waals surface area contributed by atoms with Crippen LogP contribution in [0, 0.1) is 11.8 Å². The lowest BCUT2D eigenvalue weighted by Crippen LogP contribution is -2.38. The SMILES string of the molecule is O=C1CCc2cc(c(O)c(OC3CCCC3)c2)Cc2cccc(c2)[C@@H]2CC[C@@H]([N-]c3[nH]ccc32)C2=Cc3[n-]ccc3[C@@H](CCCCc3cccc(O)c3)[C@H]2C(=O)[C@H]1CCO. The minimum absolute atomic E-state index is 0.0386. The highest BCUT2D eigenvalue weighted by Gasteiger charge is 2.42. The highest BCUT2D eigenvalue weighted by Crippen LogP contribution is 2.51. The first kappa shape index (κ1) is 39.9. The van der Waals surface area contributed by atoms with Crippen LogP contribution in [0.4, 0.5) is 5.82 Å². The summed E-state index contributed by atoms with van der Waals surface area (Å²) in [6.45, 7) is -0.284. The van der Waals surface area contributed by atoms with E-state index >= 15 is 4.79 Å². The number of nitrogens with zero attached hydrogens (tertiary/aromatic N) is 2. The number of carbonyl (C=O) groups is 2. The van der Waals surface area contributed by atoms with E-state index in [1.54, 1.807) is 12.1 Å². The Morgan fingerprint density at radius 2 is 1.70 bits per heavy atom. The number of aromatic hydroxyl groups is 2. The van der Waals surface area contributed by atoms with Gasteiger partial charge < -0.3 is 35.3 Å². The number of benzene rings is 3. The molecule has 60 heavy (non-hydrogen) atoms. The summed E-state index contributed by atoms with van der Waals surface area (Å²) in [6.07, 6.45) is 15.7. The summed E-state index contributed by atoms with van der Waals surface area (Å²) in [5.41, 5.74) is 8.80. The Labute approximate surface area is 352 Å². The molecule has 3 aromatic carbocycles. The topological polar surface area (TPSA) is 148 Å². The molecule has 9 rings (SSSR count). The molecule has 9 heteroatoms. The number of Topliss-reactive ketones (excluding diaryl/α,β-unsaturated/α-hetero) is 2. The molecule has 0 radical (unpaired) electrons. The van der Waals surface area contributed by atoms with E-state index in [4.69, 9.17) is 15.0 Å². The van der Waals surface area contributed by atoms with Crippen LogP contribution < -0.4 is 9.72 Å². The number of carbonyl (C=O) groups excluding carboxylic acids is 2. The number of fused-ring (bicyclic) bond motifs is 13. The van der Waals surface area contributed by atoms with Crippen LogP contribution in [0.1, 0.15) is 127 Å². The number of H-pyrrole nitrogens is 1. The van der Waals surface area contributed by atoms with E-state index in [2.05, 4.69) is 41.4 Å². The molecule has 0 spiro atoms. The maximum atomic E-state index is 15.4. The van der Waals surface area contributed by atoms with Gasteiger partial charge in [0, 0.05) is 36.8 Å². The average molecular weight is 806 g/mol. The van der Waals surface area contributed by atoms with Gasteiger partial charge in [-0.3, -0.25) is 9.59 Å². The summed E-state index contributed by atoms with van der Waals surface area (Å²) < 4.78 is 6.45. The third kappa shape index (κ3) is 8.29. The summed E-state index contributed by atoms with van der Waals surface area (Å²) in [6, 6.07) is 23.7. The summed E-state index contributed by atoms with van der Waals surface area (Å²) in [5.74, 6) is -0.499. The number of hydrogen-bond donors (Lipinski definition) is 4. The Morgan fingerprint density at radius 3 is 2.55 bits per heavy atom. The third-order valence-electron chi connectivity index (χ3n) is 13.6. The van der Waals surface area contributed by atoms with Gasteiger partial charge in [-0.2, -0.15) is 6.20 Å². The van der Waals surface area contributed by atoms with Crippen molar-refractivity contribution >= 4 is 23.5 Å². The molecule has 1 fully saturated rings. The van der Waals surface area contributed by atoms with E-state index in [0.717, 1.165) is 102 Å². The predicted octanol–water partition coefficient (Wildman–Crippen LogP) is 9.89. The second kappa shape index (κ2) is 17.6. The van der Waals surface area contributed by atoms with Crippen LogP contribution in [0.15, 0.2) is 90.8 Å². The van der Waals surface area contributed by atoms with Crippen molar-refractivity contribution in [3.63, 3.8) is 0 Å². The molecule has 0 amide bonds. The van der Waals surface area contributed by atoms with Crippen LogP contribution in [-0.4, -0.2) is 50.6 Å². The van der Waals surface area contributed by atoms with Crippen LogP contribution in [0.3, 0.4) is 0 Å². The number of aromatic amines is 1. The molecule has 0 saturated heterocycles. The number of ketones is 2. The lowest BCUT2D eigenvalue weighted by Gasteiger charge is -2.41. The van der Waals surface area contributed by atoms with Crippen LogP contribution >= 0.6 is 0 Å². The van der Waals surface area contributed by atoms with Crippen LogP contribution in [0.5, 0.6) is 17.2 Å². The summed E-state index contributed by atoms with van der Waals surface area (Å²) >= 11 is 0. The number of phenolic OH excluding ortho intramolecular Hbond substituents is 2. The van der Waals surface area contributed by atoms with Gasteiger partial charge in [-0.1, -0.05) is 90.2 Å². The van der Waals surface area contributed by atoms with Gasteiger partial charge in [-0.05, 0) is 129 Å². The average Bonchev–Trinajstić information content (AvgIpc) is 4.03. The van der Waals surface area contributed by atoms with Gasteiger partial charge in [0.25, 0.3) is 0 Å². The highest BCUT2D eigenvalue weighted by molar-refractivity contribution is 6.05. The molecule has 312 valence electrons. The lowest BCUT2D eigenvalue weighted by atomic mass is 9.67. The summed E-state index contributed by atoms with van der Waals surface area (Å²) in [4.78, 5) is 38.2. The Morgan fingerprint density at radius 1 is 0.833 bits per heavy atom. The lowest BCUT2D eigenvalue weighted by molar-refractivity contribution is -0.135. The smallest absolute Gasteiger partial charge is 0.161 e. The van der Waals surface area contributed by atoms with Crippen molar-refractivity contribution in [2.24, 2.45) is 11.8 Å². The van der Waals surface area contributed by atoms with Crippen molar-refractivity contribution in [1.29, 1.82) is 0 Å². The molecule has 2 aromatic heterocycles. The van der Waals surface area contributed by atoms with E-state index in [0.29, 0.717) is 31.4 Å². The Kier molecular flexibility index (Phi) is 11.7. The zero-order valence-electron chi connectivity index (χ0n) is 34.2. The van der Waals surface area contributed by atoms with Gasteiger partial charge in [-0.25, -0.2) is 0 Å². The molecule has 3 aliphatic carbocycles. The summed E-state index contributed by atoms with van der Waals surface area (Å²) in [7, 11) is 0. The first-order valence-corrected chi connectivity index (χ1v) is 22.1. The number of rotatable bonds is 9. The fourth-order valence-electron chi connectivity index (χ4n) is 10.6. The van der Waals surface area contributed by atoms with E-state index in [1.807, 2.05) is 42.7 Å². The quantitative estimate of drug-likeness (QED) is 0.0856. The standard InChI is InChI=1S/C51H55N3O6/c55-24-21-42-46(57)18-15-33-27-35(49(58)47(29-33)60-37-12-2-3-13-37)26-32-9-5-10-34(25-32)38-16-17-44(54-51-41(38)20-23-53-51)43-30-45-39(19-22-52-45)40(48(43)50(42)59)14-4-1-7-31-8-6-11-36(56)28-31/h5-6,8-11,19-20,22-23,25,27-30,37-38,40,42,44,48,53,55-56,58H,1-4,7,12-18,21,24,26H2/q-2/t38-,40+,42-,44+,48+/m0/s1. The number of nitrogens with one attached hydrogen (secondary N) is 1. The van der Waals surface area contributed by atoms with Gasteiger partial charge in [-0.15, -0.1) is 5.69 Å².